The molecule has 6 nitrogen and oxygen atoms in total. The summed E-state index contributed by atoms with van der Waals surface area (Å²) in [4.78, 5) is 12.7. The second-order valence-electron chi connectivity index (χ2n) is 7.14. The third-order valence-electron chi connectivity index (χ3n) is 4.45. The molecule has 158 valence electrons. The maximum Gasteiger partial charge on any atom is 0.245 e. The van der Waals surface area contributed by atoms with Gasteiger partial charge in [-0.25, -0.2) is 8.42 Å². The molecular formula is C22H30N2O4S. The Morgan fingerprint density at radius 3 is 2.03 bits per heavy atom. The summed E-state index contributed by atoms with van der Waals surface area (Å²) in [5.41, 5.74) is 3.24. The Bertz CT molecular complexity index is 916. The number of sulfonamides is 1. The fourth-order valence-corrected chi connectivity index (χ4v) is 3.93. The highest BCUT2D eigenvalue weighted by Gasteiger charge is 2.22. The number of hydrogen-bond acceptors (Lipinski definition) is 4. The summed E-state index contributed by atoms with van der Waals surface area (Å²) < 4.78 is 31.4. The summed E-state index contributed by atoms with van der Waals surface area (Å²) in [5, 5.41) is 2.92. The fourth-order valence-electron chi connectivity index (χ4n) is 3.08. The first-order valence-corrected chi connectivity index (χ1v) is 11.7. The van der Waals surface area contributed by atoms with Gasteiger partial charge in [-0.15, -0.1) is 0 Å². The maximum atomic E-state index is 12.7. The van der Waals surface area contributed by atoms with Gasteiger partial charge in [0.25, 0.3) is 0 Å². The van der Waals surface area contributed by atoms with E-state index in [1.54, 1.807) is 24.3 Å². The number of benzene rings is 2. The average molecular weight is 419 g/mol. The summed E-state index contributed by atoms with van der Waals surface area (Å²) in [6, 6.07) is 12.6. The minimum absolute atomic E-state index is 0.0176. The quantitative estimate of drug-likeness (QED) is 0.668. The second kappa shape index (κ2) is 9.78. The lowest BCUT2D eigenvalue weighted by molar-refractivity contribution is -0.114. The SMILES string of the molecule is CCc1cccc(CC)c1NC(=O)CN(c1ccc(OC(C)C)cc1)S(C)(=O)=O. The summed E-state index contributed by atoms with van der Waals surface area (Å²) in [5.74, 6) is 0.264. The van der Waals surface area contributed by atoms with Crippen LogP contribution in [0.1, 0.15) is 38.8 Å². The number of nitrogens with zero attached hydrogens (tertiary/aromatic N) is 1. The molecule has 0 heterocycles. The normalized spacial score (nSPS) is 11.4. The molecule has 0 fully saturated rings. The van der Waals surface area contributed by atoms with Gasteiger partial charge in [-0.05, 0) is 62.1 Å². The molecule has 1 amide bonds. The molecule has 29 heavy (non-hydrogen) atoms. The number of carbonyl (C=O) groups excluding carboxylic acids is 1. The number of rotatable bonds is 9. The minimum Gasteiger partial charge on any atom is -0.491 e. The zero-order valence-corrected chi connectivity index (χ0v) is 18.5. The van der Waals surface area contributed by atoms with E-state index in [9.17, 15) is 13.2 Å². The van der Waals surface area contributed by atoms with Crippen molar-refractivity contribution in [3.8, 4) is 5.75 Å². The van der Waals surface area contributed by atoms with E-state index >= 15 is 0 Å². The lowest BCUT2D eigenvalue weighted by Crippen LogP contribution is -2.37. The van der Waals surface area contributed by atoms with Gasteiger partial charge in [-0.1, -0.05) is 32.0 Å². The van der Waals surface area contributed by atoms with Crippen molar-refractivity contribution < 1.29 is 17.9 Å². The molecule has 0 saturated carbocycles. The molecule has 0 unspecified atom stereocenters. The summed E-state index contributed by atoms with van der Waals surface area (Å²) in [6.07, 6.45) is 2.66. The van der Waals surface area contributed by atoms with Gasteiger partial charge >= 0.3 is 0 Å². The third kappa shape index (κ3) is 6.22. The highest BCUT2D eigenvalue weighted by Crippen LogP contribution is 2.24. The molecule has 0 aromatic heterocycles. The molecule has 1 N–H and O–H groups in total. The number of para-hydroxylation sites is 1. The van der Waals surface area contributed by atoms with E-state index < -0.39 is 10.0 Å². The van der Waals surface area contributed by atoms with Gasteiger partial charge in [0.05, 0.1) is 18.0 Å². The Morgan fingerprint density at radius 2 is 1.59 bits per heavy atom. The van der Waals surface area contributed by atoms with Crippen LogP contribution >= 0.6 is 0 Å². The zero-order valence-electron chi connectivity index (χ0n) is 17.7. The van der Waals surface area contributed by atoms with Crippen molar-refractivity contribution >= 4 is 27.3 Å². The molecule has 0 aliphatic rings. The first-order valence-electron chi connectivity index (χ1n) is 9.80. The lowest BCUT2D eigenvalue weighted by atomic mass is 10.0. The van der Waals surface area contributed by atoms with E-state index in [1.165, 1.54) is 0 Å². The number of hydrogen-bond donors (Lipinski definition) is 1. The average Bonchev–Trinajstić information content (AvgIpc) is 2.65. The smallest absolute Gasteiger partial charge is 0.245 e. The molecule has 2 aromatic rings. The number of ether oxygens (including phenoxy) is 1. The monoisotopic (exact) mass is 418 g/mol. The maximum absolute atomic E-state index is 12.7. The highest BCUT2D eigenvalue weighted by molar-refractivity contribution is 7.92. The molecule has 0 bridgehead atoms. The molecule has 0 radical (unpaired) electrons. The molecule has 0 aliphatic carbocycles. The Kier molecular flexibility index (Phi) is 7.67. The molecule has 2 rings (SSSR count). The molecule has 0 atom stereocenters. The largest absolute Gasteiger partial charge is 0.491 e. The van der Waals surface area contributed by atoms with Gasteiger partial charge in [-0.2, -0.15) is 0 Å². The van der Waals surface area contributed by atoms with Crippen molar-refractivity contribution in [2.75, 3.05) is 22.4 Å². The second-order valence-corrected chi connectivity index (χ2v) is 9.04. The number of aryl methyl sites for hydroxylation is 2. The Hall–Kier alpha value is -2.54. The molecule has 0 spiro atoms. The van der Waals surface area contributed by atoms with Crippen LogP contribution in [0, 0.1) is 0 Å². The van der Waals surface area contributed by atoms with Crippen molar-refractivity contribution in [3.05, 3.63) is 53.6 Å². The van der Waals surface area contributed by atoms with E-state index in [1.807, 2.05) is 45.9 Å². The predicted molar refractivity (Wildman–Crippen MR) is 118 cm³/mol. The van der Waals surface area contributed by atoms with E-state index in [4.69, 9.17) is 4.74 Å². The fraction of sp³-hybridized carbons (Fsp3) is 0.409. The summed E-state index contributed by atoms with van der Waals surface area (Å²) in [6.45, 7) is 7.58. The van der Waals surface area contributed by atoms with Crippen LogP contribution in [0.5, 0.6) is 5.75 Å². The van der Waals surface area contributed by atoms with Crippen molar-refractivity contribution in [3.63, 3.8) is 0 Å². The van der Waals surface area contributed by atoms with Crippen LogP contribution in [-0.4, -0.2) is 33.2 Å². The van der Waals surface area contributed by atoms with Crippen LogP contribution in [-0.2, 0) is 27.7 Å². The van der Waals surface area contributed by atoms with E-state index in [0.29, 0.717) is 11.4 Å². The van der Waals surface area contributed by atoms with E-state index in [-0.39, 0.29) is 18.6 Å². The van der Waals surface area contributed by atoms with Gasteiger partial charge in [0.1, 0.15) is 12.3 Å². The van der Waals surface area contributed by atoms with Crippen LogP contribution in [0.4, 0.5) is 11.4 Å². The molecule has 0 aliphatic heterocycles. The summed E-state index contributed by atoms with van der Waals surface area (Å²) in [7, 11) is -3.64. The Labute approximate surface area is 173 Å². The molecular weight excluding hydrogens is 388 g/mol. The molecule has 7 heteroatoms. The lowest BCUT2D eigenvalue weighted by Gasteiger charge is -2.23. The number of nitrogens with one attached hydrogen (secondary N) is 1. The Balaban J connectivity index is 2.25. The molecule has 0 saturated heterocycles. The first-order chi connectivity index (χ1) is 13.7. The summed E-state index contributed by atoms with van der Waals surface area (Å²) >= 11 is 0. The van der Waals surface area contributed by atoms with Crippen molar-refractivity contribution in [2.45, 2.75) is 46.6 Å². The van der Waals surface area contributed by atoms with Crippen LogP contribution in [0.15, 0.2) is 42.5 Å². The van der Waals surface area contributed by atoms with Crippen LogP contribution in [0.2, 0.25) is 0 Å². The van der Waals surface area contributed by atoms with Gasteiger partial charge in [-0.3, -0.25) is 9.10 Å². The van der Waals surface area contributed by atoms with E-state index in [2.05, 4.69) is 5.32 Å². The van der Waals surface area contributed by atoms with Gasteiger partial charge < -0.3 is 10.1 Å². The number of carbonyl (C=O) groups is 1. The third-order valence-corrected chi connectivity index (χ3v) is 5.59. The van der Waals surface area contributed by atoms with Gasteiger partial charge in [0.15, 0.2) is 0 Å². The van der Waals surface area contributed by atoms with Crippen molar-refractivity contribution in [2.24, 2.45) is 0 Å². The zero-order chi connectivity index (χ0) is 21.6. The van der Waals surface area contributed by atoms with E-state index in [0.717, 1.165) is 40.2 Å². The first kappa shape index (κ1) is 22.7. The molecule has 2 aromatic carbocycles. The topological polar surface area (TPSA) is 75.7 Å². The Morgan fingerprint density at radius 1 is 1.03 bits per heavy atom. The van der Waals surface area contributed by atoms with Crippen LogP contribution < -0.4 is 14.4 Å². The van der Waals surface area contributed by atoms with Crippen molar-refractivity contribution in [1.82, 2.24) is 0 Å². The van der Waals surface area contributed by atoms with Crippen LogP contribution in [0.3, 0.4) is 0 Å². The van der Waals surface area contributed by atoms with Crippen molar-refractivity contribution in [1.29, 1.82) is 0 Å². The standard InChI is InChI=1S/C22H30N2O4S/c1-6-17-9-8-10-18(7-2)22(17)23-21(25)15-24(29(5,26)27)19-11-13-20(14-12-19)28-16(3)4/h8-14,16H,6-7,15H2,1-5H3,(H,23,25). The minimum atomic E-state index is -3.64. The highest BCUT2D eigenvalue weighted by atomic mass is 32.2. The van der Waals surface area contributed by atoms with Gasteiger partial charge in [0, 0.05) is 5.69 Å². The van der Waals surface area contributed by atoms with Gasteiger partial charge in [0.2, 0.25) is 15.9 Å². The number of amides is 1. The predicted octanol–water partition coefficient (Wildman–Crippen LogP) is 4.00. The number of anilines is 2. The van der Waals surface area contributed by atoms with Crippen LogP contribution in [0.25, 0.3) is 0 Å².